The summed E-state index contributed by atoms with van der Waals surface area (Å²) in [6.07, 6.45) is 18.8. The molecule has 0 unspecified atom stereocenters. The second-order valence-corrected chi connectivity index (χ2v) is 14.7. The van der Waals surface area contributed by atoms with E-state index in [9.17, 15) is 0 Å². The number of hydrogen-bond donors (Lipinski definition) is 0. The second-order valence-electron chi connectivity index (χ2n) is 14.7. The Morgan fingerprint density at radius 2 is 0.828 bits per heavy atom. The molecule has 5 aromatic carbocycles. The van der Waals surface area contributed by atoms with E-state index in [1.165, 1.54) is 11.1 Å². The molecule has 4 heteroatoms. The topological polar surface area (TPSA) is 51.8 Å². The van der Waals surface area contributed by atoms with Crippen molar-refractivity contribution < 1.29 is 4.42 Å². The number of benzene rings is 5. The fourth-order valence-electron chi connectivity index (χ4n) is 7.40. The zero-order valence-electron chi connectivity index (χ0n) is 32.7. The largest absolute Gasteiger partial charge is 0.455 e. The first-order chi connectivity index (χ1) is 28.4. The van der Waals surface area contributed by atoms with Crippen LogP contribution in [0.1, 0.15) is 50.1 Å². The van der Waals surface area contributed by atoms with Gasteiger partial charge in [-0.25, -0.2) is 0 Å². The lowest BCUT2D eigenvalue weighted by atomic mass is 10.00. The van der Waals surface area contributed by atoms with Crippen molar-refractivity contribution in [3.05, 3.63) is 208 Å². The molecule has 0 amide bonds. The van der Waals surface area contributed by atoms with Crippen LogP contribution >= 0.6 is 0 Å². The van der Waals surface area contributed by atoms with Gasteiger partial charge in [-0.2, -0.15) is 0 Å². The fraction of sp³-hybridized carbons (Fsp3) is 0.0556. The standard InChI is InChI=1S/C54H41N3O/c1-36-27-50(42-13-6-4-7-14-42)55-33-44(36)24-21-39-30-40(22-25-45-34-56-51(28-37(45)2)43-15-8-5-9-16-43)32-41(31-39)23-26-46-35-57-52(29-38(46)3)49-19-12-18-48-47-17-10-11-20-53(47)58-54(48)49/h4-35H,1-3H3/b24-21-,25-22?,26-23-. The summed E-state index contributed by atoms with van der Waals surface area (Å²) >= 11 is 0. The van der Waals surface area contributed by atoms with Crippen LogP contribution in [0, 0.1) is 20.8 Å². The van der Waals surface area contributed by atoms with E-state index in [2.05, 4.69) is 142 Å². The fourth-order valence-corrected chi connectivity index (χ4v) is 7.40. The number of para-hydroxylation sites is 2. The Labute approximate surface area is 339 Å². The Bertz CT molecular complexity index is 2910. The van der Waals surface area contributed by atoms with Gasteiger partial charge in [-0.3, -0.25) is 15.0 Å². The quantitative estimate of drug-likeness (QED) is 0.148. The summed E-state index contributed by atoms with van der Waals surface area (Å²) in [5.74, 6) is 0. The first-order valence-electron chi connectivity index (χ1n) is 19.6. The van der Waals surface area contributed by atoms with Gasteiger partial charge >= 0.3 is 0 Å². The molecule has 0 aliphatic carbocycles. The van der Waals surface area contributed by atoms with Crippen LogP contribution in [0.25, 0.3) is 92.2 Å². The third-order valence-electron chi connectivity index (χ3n) is 10.6. The molecule has 4 nitrogen and oxygen atoms in total. The highest BCUT2D eigenvalue weighted by Gasteiger charge is 2.13. The molecule has 0 N–H and O–H groups in total. The van der Waals surface area contributed by atoms with Gasteiger partial charge < -0.3 is 4.42 Å². The molecule has 9 aromatic rings. The average Bonchev–Trinajstić information content (AvgIpc) is 3.65. The van der Waals surface area contributed by atoms with Crippen LogP contribution in [-0.4, -0.2) is 15.0 Å². The molecule has 0 aliphatic rings. The minimum Gasteiger partial charge on any atom is -0.455 e. The minimum absolute atomic E-state index is 0.862. The minimum atomic E-state index is 0.862. The lowest BCUT2D eigenvalue weighted by molar-refractivity contribution is 0.670. The average molecular weight is 748 g/mol. The van der Waals surface area contributed by atoms with Crippen LogP contribution in [0.2, 0.25) is 0 Å². The molecule has 9 rings (SSSR count). The Balaban J connectivity index is 1.03. The van der Waals surface area contributed by atoms with Crippen LogP contribution in [-0.2, 0) is 0 Å². The third kappa shape index (κ3) is 7.69. The molecule has 0 saturated carbocycles. The second kappa shape index (κ2) is 16.0. The maximum atomic E-state index is 6.32. The van der Waals surface area contributed by atoms with Crippen molar-refractivity contribution in [2.75, 3.05) is 0 Å². The van der Waals surface area contributed by atoms with Gasteiger partial charge in [-0.05, 0) is 119 Å². The van der Waals surface area contributed by atoms with E-state index < -0.39 is 0 Å². The number of furan rings is 1. The lowest BCUT2D eigenvalue weighted by Crippen LogP contribution is -1.90. The third-order valence-corrected chi connectivity index (χ3v) is 10.6. The molecule has 0 aliphatic heterocycles. The van der Waals surface area contributed by atoms with Crippen molar-refractivity contribution in [1.82, 2.24) is 15.0 Å². The zero-order chi connectivity index (χ0) is 39.4. The summed E-state index contributed by atoms with van der Waals surface area (Å²) in [4.78, 5) is 14.5. The van der Waals surface area contributed by atoms with Gasteiger partial charge in [0.1, 0.15) is 11.2 Å². The van der Waals surface area contributed by atoms with Gasteiger partial charge in [0.2, 0.25) is 0 Å². The highest BCUT2D eigenvalue weighted by Crippen LogP contribution is 2.35. The summed E-state index contributed by atoms with van der Waals surface area (Å²) in [7, 11) is 0. The number of rotatable bonds is 9. The maximum Gasteiger partial charge on any atom is 0.144 e. The number of aryl methyl sites for hydroxylation is 3. The predicted molar refractivity (Wildman–Crippen MR) is 244 cm³/mol. The van der Waals surface area contributed by atoms with E-state index in [1.54, 1.807) is 0 Å². The summed E-state index contributed by atoms with van der Waals surface area (Å²) in [5.41, 5.74) is 17.8. The maximum absolute atomic E-state index is 6.32. The summed E-state index contributed by atoms with van der Waals surface area (Å²) in [6, 6.07) is 48.1. The van der Waals surface area contributed by atoms with Crippen LogP contribution in [0.4, 0.5) is 0 Å². The molecule has 0 radical (unpaired) electrons. The number of fused-ring (bicyclic) bond motifs is 3. The Morgan fingerprint density at radius 1 is 0.397 bits per heavy atom. The lowest BCUT2D eigenvalue weighted by Gasteiger charge is -2.07. The van der Waals surface area contributed by atoms with E-state index >= 15 is 0 Å². The molecule has 58 heavy (non-hydrogen) atoms. The molecule has 0 saturated heterocycles. The van der Waals surface area contributed by atoms with Crippen molar-refractivity contribution in [3.63, 3.8) is 0 Å². The molecule has 4 heterocycles. The highest BCUT2D eigenvalue weighted by molar-refractivity contribution is 6.09. The Kier molecular flexibility index (Phi) is 9.97. The summed E-state index contributed by atoms with van der Waals surface area (Å²) < 4.78 is 6.32. The molecular formula is C54H41N3O. The molecular weight excluding hydrogens is 707 g/mol. The Morgan fingerprint density at radius 3 is 1.33 bits per heavy atom. The van der Waals surface area contributed by atoms with Crippen LogP contribution in [0.15, 0.2) is 163 Å². The van der Waals surface area contributed by atoms with Gasteiger partial charge in [0.25, 0.3) is 0 Å². The smallest absolute Gasteiger partial charge is 0.144 e. The van der Waals surface area contributed by atoms with Crippen LogP contribution in [0.3, 0.4) is 0 Å². The highest BCUT2D eigenvalue weighted by atomic mass is 16.3. The number of hydrogen-bond acceptors (Lipinski definition) is 4. The van der Waals surface area contributed by atoms with Crippen molar-refractivity contribution in [3.8, 4) is 33.8 Å². The first kappa shape index (κ1) is 36.2. The van der Waals surface area contributed by atoms with E-state index in [-0.39, 0.29) is 0 Å². The van der Waals surface area contributed by atoms with Crippen molar-refractivity contribution >= 4 is 58.4 Å². The van der Waals surface area contributed by atoms with Gasteiger partial charge in [0, 0.05) is 46.1 Å². The van der Waals surface area contributed by atoms with E-state index in [0.29, 0.717) is 0 Å². The SMILES string of the molecule is Cc1cc(-c2ccccc2)ncc1C=Cc1cc(/C=C\c2cnc(-c3ccccc3)cc2C)cc(/C=C\c2cnc(-c3cccc4c3oc3ccccc34)cc2C)c1. The number of aromatic nitrogens is 3. The molecule has 278 valence electrons. The molecule has 4 aromatic heterocycles. The summed E-state index contributed by atoms with van der Waals surface area (Å²) in [6.45, 7) is 6.41. The molecule has 0 fully saturated rings. The first-order valence-corrected chi connectivity index (χ1v) is 19.6. The van der Waals surface area contributed by atoms with Gasteiger partial charge in [-0.15, -0.1) is 0 Å². The van der Waals surface area contributed by atoms with Gasteiger partial charge in [0.05, 0.1) is 17.1 Å². The number of pyridine rings is 3. The van der Waals surface area contributed by atoms with Crippen LogP contribution < -0.4 is 0 Å². The zero-order valence-corrected chi connectivity index (χ0v) is 32.7. The monoisotopic (exact) mass is 747 g/mol. The van der Waals surface area contributed by atoms with E-state index in [1.807, 2.05) is 73.2 Å². The molecule has 0 atom stereocenters. The molecule has 0 bridgehead atoms. The number of nitrogens with zero attached hydrogens (tertiary/aromatic N) is 3. The Hall–Kier alpha value is -7.43. The van der Waals surface area contributed by atoms with E-state index in [0.717, 1.165) is 94.7 Å². The normalized spacial score (nSPS) is 11.8. The van der Waals surface area contributed by atoms with Crippen molar-refractivity contribution in [2.24, 2.45) is 0 Å². The van der Waals surface area contributed by atoms with Gasteiger partial charge in [0.15, 0.2) is 0 Å². The van der Waals surface area contributed by atoms with Gasteiger partial charge in [-0.1, -0.05) is 127 Å². The predicted octanol–water partition coefficient (Wildman–Crippen LogP) is 14.2. The van der Waals surface area contributed by atoms with E-state index in [4.69, 9.17) is 19.4 Å². The van der Waals surface area contributed by atoms with Crippen molar-refractivity contribution in [2.45, 2.75) is 20.8 Å². The summed E-state index contributed by atoms with van der Waals surface area (Å²) in [5, 5.41) is 2.21. The van der Waals surface area contributed by atoms with Crippen LogP contribution in [0.5, 0.6) is 0 Å². The molecule has 0 spiro atoms. The van der Waals surface area contributed by atoms with Crippen molar-refractivity contribution in [1.29, 1.82) is 0 Å².